The maximum Gasteiger partial charge on any atom is 0.128 e. The number of benzene rings is 1. The van der Waals surface area contributed by atoms with Gasteiger partial charge in [-0.1, -0.05) is 37.9 Å². The van der Waals surface area contributed by atoms with Gasteiger partial charge in [-0.25, -0.2) is 4.39 Å². The van der Waals surface area contributed by atoms with Gasteiger partial charge in [0.25, 0.3) is 0 Å². The first-order valence-corrected chi connectivity index (χ1v) is 4.91. The van der Waals surface area contributed by atoms with Gasteiger partial charge in [-0.05, 0) is 19.1 Å². The first kappa shape index (κ1) is 9.20. The van der Waals surface area contributed by atoms with Crippen LogP contribution in [-0.4, -0.2) is 0 Å². The van der Waals surface area contributed by atoms with Crippen molar-refractivity contribution in [3.05, 3.63) is 34.1 Å². The Labute approximate surface area is 82.1 Å². The normalized spacial score (nSPS) is 13.1. The molecule has 0 bridgehead atoms. The maximum absolute atomic E-state index is 13.0. The molecule has 0 aromatic heterocycles. The van der Waals surface area contributed by atoms with Gasteiger partial charge in [0.15, 0.2) is 0 Å². The molecule has 0 saturated heterocycles. The predicted octanol–water partition coefficient (Wildman–Crippen LogP) is 4.04. The van der Waals surface area contributed by atoms with E-state index in [2.05, 4.69) is 31.9 Å². The molecule has 1 rings (SSSR count). The summed E-state index contributed by atoms with van der Waals surface area (Å²) in [6, 6.07) is 5.06. The quantitative estimate of drug-likeness (QED) is 0.682. The minimum absolute atomic E-state index is 0.0654. The fourth-order valence-corrected chi connectivity index (χ4v) is 1.53. The van der Waals surface area contributed by atoms with E-state index in [1.165, 1.54) is 6.07 Å². The van der Waals surface area contributed by atoms with E-state index in [9.17, 15) is 4.39 Å². The molecule has 60 valence electrons. The molecule has 0 saturated carbocycles. The number of hydrogen-bond donors (Lipinski definition) is 0. The van der Waals surface area contributed by atoms with Crippen LogP contribution in [0.25, 0.3) is 0 Å². The van der Waals surface area contributed by atoms with Crippen molar-refractivity contribution >= 4 is 31.9 Å². The summed E-state index contributed by atoms with van der Waals surface area (Å²) < 4.78 is 13.8. The second-order valence-corrected chi connectivity index (χ2v) is 4.57. The van der Waals surface area contributed by atoms with Gasteiger partial charge < -0.3 is 0 Å². The fraction of sp³-hybridized carbons (Fsp3) is 0.250. The molecule has 0 heterocycles. The molecule has 0 radical (unpaired) electrons. The van der Waals surface area contributed by atoms with Gasteiger partial charge in [0.05, 0.1) is 0 Å². The zero-order valence-corrected chi connectivity index (χ0v) is 9.12. The summed E-state index contributed by atoms with van der Waals surface area (Å²) in [4.78, 5) is 0.0654. The summed E-state index contributed by atoms with van der Waals surface area (Å²) in [7, 11) is 0. The molecule has 0 spiro atoms. The van der Waals surface area contributed by atoms with Crippen LogP contribution in [0.4, 0.5) is 4.39 Å². The van der Waals surface area contributed by atoms with Gasteiger partial charge in [-0.2, -0.15) is 0 Å². The highest BCUT2D eigenvalue weighted by Crippen LogP contribution is 2.26. The average Bonchev–Trinajstić information content (AvgIpc) is 1.85. The van der Waals surface area contributed by atoms with E-state index < -0.39 is 0 Å². The number of rotatable bonds is 1. The SMILES string of the molecule is C[C@H](Br)c1ccc(Br)cc1F. The highest BCUT2D eigenvalue weighted by Gasteiger charge is 2.06. The van der Waals surface area contributed by atoms with Gasteiger partial charge in [0, 0.05) is 14.9 Å². The Bertz CT molecular complexity index is 258. The Morgan fingerprint density at radius 3 is 2.55 bits per heavy atom. The van der Waals surface area contributed by atoms with Crippen LogP contribution in [0.1, 0.15) is 17.3 Å². The van der Waals surface area contributed by atoms with Crippen LogP contribution in [0.2, 0.25) is 0 Å². The summed E-state index contributed by atoms with van der Waals surface area (Å²) in [6.07, 6.45) is 0. The van der Waals surface area contributed by atoms with E-state index >= 15 is 0 Å². The molecule has 0 nitrogen and oxygen atoms in total. The van der Waals surface area contributed by atoms with E-state index in [4.69, 9.17) is 0 Å². The van der Waals surface area contributed by atoms with Crippen molar-refractivity contribution in [1.29, 1.82) is 0 Å². The van der Waals surface area contributed by atoms with E-state index in [1.54, 1.807) is 6.07 Å². The summed E-state index contributed by atoms with van der Waals surface area (Å²) in [5.41, 5.74) is 0.688. The minimum atomic E-state index is -0.177. The highest BCUT2D eigenvalue weighted by atomic mass is 79.9. The van der Waals surface area contributed by atoms with Crippen molar-refractivity contribution in [3.63, 3.8) is 0 Å². The molecule has 1 aromatic carbocycles. The van der Waals surface area contributed by atoms with Crippen molar-refractivity contribution in [2.45, 2.75) is 11.8 Å². The molecule has 0 amide bonds. The minimum Gasteiger partial charge on any atom is -0.207 e. The summed E-state index contributed by atoms with van der Waals surface area (Å²) in [5.74, 6) is -0.177. The topological polar surface area (TPSA) is 0 Å². The van der Waals surface area contributed by atoms with Crippen LogP contribution < -0.4 is 0 Å². The maximum atomic E-state index is 13.0. The van der Waals surface area contributed by atoms with Crippen LogP contribution in [0.5, 0.6) is 0 Å². The molecule has 0 N–H and O–H groups in total. The number of hydrogen-bond acceptors (Lipinski definition) is 0. The molecule has 0 aliphatic carbocycles. The van der Waals surface area contributed by atoms with Crippen LogP contribution in [0.15, 0.2) is 22.7 Å². The highest BCUT2D eigenvalue weighted by molar-refractivity contribution is 9.10. The van der Waals surface area contributed by atoms with Crippen LogP contribution in [-0.2, 0) is 0 Å². The van der Waals surface area contributed by atoms with Gasteiger partial charge in [-0.15, -0.1) is 0 Å². The number of alkyl halides is 1. The smallest absolute Gasteiger partial charge is 0.128 e. The Morgan fingerprint density at radius 1 is 1.45 bits per heavy atom. The van der Waals surface area contributed by atoms with Gasteiger partial charge in [-0.3, -0.25) is 0 Å². The van der Waals surface area contributed by atoms with E-state index in [0.717, 1.165) is 4.47 Å². The zero-order valence-electron chi connectivity index (χ0n) is 5.94. The third-order valence-electron chi connectivity index (χ3n) is 1.39. The Hall–Kier alpha value is 0.110. The molecule has 0 unspecified atom stereocenters. The second kappa shape index (κ2) is 3.68. The molecule has 3 heteroatoms. The lowest BCUT2D eigenvalue weighted by molar-refractivity contribution is 0.611. The van der Waals surface area contributed by atoms with Crippen molar-refractivity contribution in [2.75, 3.05) is 0 Å². The summed E-state index contributed by atoms with van der Waals surface area (Å²) in [5, 5.41) is 0. The van der Waals surface area contributed by atoms with Crippen molar-refractivity contribution < 1.29 is 4.39 Å². The van der Waals surface area contributed by atoms with Gasteiger partial charge in [0.1, 0.15) is 5.82 Å². The monoisotopic (exact) mass is 280 g/mol. The van der Waals surface area contributed by atoms with Crippen LogP contribution in [0.3, 0.4) is 0 Å². The molecule has 0 aliphatic heterocycles. The van der Waals surface area contributed by atoms with E-state index in [0.29, 0.717) is 5.56 Å². The molecule has 0 fully saturated rings. The second-order valence-electron chi connectivity index (χ2n) is 2.28. The van der Waals surface area contributed by atoms with Crippen LogP contribution in [0, 0.1) is 5.82 Å². The van der Waals surface area contributed by atoms with Crippen molar-refractivity contribution in [1.82, 2.24) is 0 Å². The Balaban J connectivity index is 3.09. The first-order valence-electron chi connectivity index (χ1n) is 3.20. The lowest BCUT2D eigenvalue weighted by Crippen LogP contribution is -1.88. The molecule has 0 aliphatic rings. The van der Waals surface area contributed by atoms with Gasteiger partial charge >= 0.3 is 0 Å². The van der Waals surface area contributed by atoms with Crippen LogP contribution >= 0.6 is 31.9 Å². The van der Waals surface area contributed by atoms with E-state index in [1.807, 2.05) is 13.0 Å². The molecule has 11 heavy (non-hydrogen) atoms. The lowest BCUT2D eigenvalue weighted by Gasteiger charge is -2.04. The third kappa shape index (κ3) is 2.27. The number of halogens is 3. The third-order valence-corrected chi connectivity index (χ3v) is 2.38. The van der Waals surface area contributed by atoms with E-state index in [-0.39, 0.29) is 10.6 Å². The fourth-order valence-electron chi connectivity index (χ4n) is 0.824. The molecular formula is C8H7Br2F. The standard InChI is InChI=1S/C8H7Br2F/c1-5(9)7-3-2-6(10)4-8(7)11/h2-5H,1H3/t5-/m0/s1. The first-order chi connectivity index (χ1) is 5.11. The summed E-state index contributed by atoms with van der Waals surface area (Å²) >= 11 is 6.49. The Morgan fingerprint density at radius 2 is 2.09 bits per heavy atom. The molecule has 1 atom stereocenters. The molecular weight excluding hydrogens is 275 g/mol. The average molecular weight is 282 g/mol. The lowest BCUT2D eigenvalue weighted by atomic mass is 10.2. The molecule has 1 aromatic rings. The van der Waals surface area contributed by atoms with Gasteiger partial charge in [0.2, 0.25) is 0 Å². The largest absolute Gasteiger partial charge is 0.207 e. The van der Waals surface area contributed by atoms with Crippen molar-refractivity contribution in [3.8, 4) is 0 Å². The summed E-state index contributed by atoms with van der Waals surface area (Å²) in [6.45, 7) is 1.90. The van der Waals surface area contributed by atoms with Crippen molar-refractivity contribution in [2.24, 2.45) is 0 Å². The Kier molecular flexibility index (Phi) is 3.07. The zero-order chi connectivity index (χ0) is 8.43. The predicted molar refractivity (Wildman–Crippen MR) is 51.4 cm³/mol.